The van der Waals surface area contributed by atoms with Gasteiger partial charge in [0.25, 0.3) is 5.91 Å². The fourth-order valence-electron chi connectivity index (χ4n) is 3.81. The van der Waals surface area contributed by atoms with Crippen molar-refractivity contribution in [2.45, 2.75) is 19.3 Å². The molecule has 0 unspecified atom stereocenters. The van der Waals surface area contributed by atoms with E-state index in [-0.39, 0.29) is 11.3 Å². The van der Waals surface area contributed by atoms with Crippen LogP contribution in [0.1, 0.15) is 25.0 Å². The van der Waals surface area contributed by atoms with Gasteiger partial charge in [-0.15, -0.1) is 0 Å². The minimum absolute atomic E-state index is 0.0391. The van der Waals surface area contributed by atoms with Gasteiger partial charge in [-0.1, -0.05) is 68.2 Å². The molecule has 1 N–H and O–H groups in total. The number of nitrogens with one attached hydrogen (secondary N) is 1. The number of ether oxygens (including phenoxy) is 1. The van der Waals surface area contributed by atoms with Crippen molar-refractivity contribution in [3.63, 3.8) is 0 Å². The summed E-state index contributed by atoms with van der Waals surface area (Å²) in [4.78, 5) is 12.5. The lowest BCUT2D eigenvalue weighted by atomic mass is 9.85. The molecule has 3 aromatic carbocycles. The molecule has 3 aromatic rings. The summed E-state index contributed by atoms with van der Waals surface area (Å²) in [6.07, 6.45) is 1.88. The van der Waals surface area contributed by atoms with E-state index in [2.05, 4.69) is 67.7 Å². The SMILES string of the molecule is CC1(C)COc2ccc(-c3ccc4cc(/C=C5\SC(=S)NC5=O)ccc4c3)cc21. The van der Waals surface area contributed by atoms with Gasteiger partial charge in [0.05, 0.1) is 11.5 Å². The molecule has 5 rings (SSSR count). The van der Waals surface area contributed by atoms with Crippen molar-refractivity contribution < 1.29 is 9.53 Å². The summed E-state index contributed by atoms with van der Waals surface area (Å²) in [5, 5.41) is 4.96. The first-order chi connectivity index (χ1) is 13.9. The summed E-state index contributed by atoms with van der Waals surface area (Å²) in [5.74, 6) is 0.865. The highest BCUT2D eigenvalue weighted by Gasteiger charge is 2.31. The van der Waals surface area contributed by atoms with Crippen LogP contribution in [0.3, 0.4) is 0 Å². The molecular formula is C24H19NO2S2. The number of carbonyl (C=O) groups excluding carboxylic acids is 1. The number of hydrogen-bond acceptors (Lipinski definition) is 4. The number of benzene rings is 3. The number of thiocarbonyl (C=S) groups is 1. The second-order valence-electron chi connectivity index (χ2n) is 8.06. The first-order valence-corrected chi connectivity index (χ1v) is 10.7. The van der Waals surface area contributed by atoms with Crippen LogP contribution < -0.4 is 10.1 Å². The Morgan fingerprint density at radius 3 is 2.55 bits per heavy atom. The van der Waals surface area contributed by atoms with E-state index in [9.17, 15) is 4.79 Å². The lowest BCUT2D eigenvalue weighted by molar-refractivity contribution is -0.115. The summed E-state index contributed by atoms with van der Waals surface area (Å²) < 4.78 is 6.32. The van der Waals surface area contributed by atoms with Crippen molar-refractivity contribution in [1.29, 1.82) is 0 Å². The molecule has 144 valence electrons. The minimum atomic E-state index is -0.126. The molecule has 0 aliphatic carbocycles. The van der Waals surface area contributed by atoms with Crippen LogP contribution in [-0.2, 0) is 10.2 Å². The van der Waals surface area contributed by atoms with Crippen LogP contribution in [-0.4, -0.2) is 16.8 Å². The lowest BCUT2D eigenvalue weighted by Gasteiger charge is -2.16. The summed E-state index contributed by atoms with van der Waals surface area (Å²) in [5.41, 5.74) is 4.68. The van der Waals surface area contributed by atoms with E-state index in [4.69, 9.17) is 17.0 Å². The number of carbonyl (C=O) groups is 1. The van der Waals surface area contributed by atoms with Crippen LogP contribution in [0.25, 0.3) is 28.0 Å². The van der Waals surface area contributed by atoms with E-state index in [0.717, 1.165) is 23.3 Å². The maximum absolute atomic E-state index is 11.9. The fourth-order valence-corrected chi connectivity index (χ4v) is 4.85. The lowest BCUT2D eigenvalue weighted by Crippen LogP contribution is -2.18. The van der Waals surface area contributed by atoms with Crippen molar-refractivity contribution in [2.24, 2.45) is 0 Å². The maximum Gasteiger partial charge on any atom is 0.263 e. The molecule has 0 bridgehead atoms. The number of fused-ring (bicyclic) bond motifs is 2. The first kappa shape index (κ1) is 18.4. The minimum Gasteiger partial charge on any atom is -0.492 e. The first-order valence-electron chi connectivity index (χ1n) is 9.45. The van der Waals surface area contributed by atoms with E-state index in [1.807, 2.05) is 12.1 Å². The van der Waals surface area contributed by atoms with Crippen molar-refractivity contribution in [1.82, 2.24) is 5.32 Å². The zero-order chi connectivity index (χ0) is 20.2. The van der Waals surface area contributed by atoms with E-state index in [1.165, 1.54) is 33.8 Å². The Morgan fingerprint density at radius 2 is 1.76 bits per heavy atom. The highest BCUT2D eigenvalue weighted by Crippen LogP contribution is 2.40. The number of thioether (sulfide) groups is 1. The molecule has 29 heavy (non-hydrogen) atoms. The molecule has 0 radical (unpaired) electrons. The van der Waals surface area contributed by atoms with Gasteiger partial charge in [0.15, 0.2) is 0 Å². The van der Waals surface area contributed by atoms with Crippen LogP contribution in [0.4, 0.5) is 0 Å². The third-order valence-corrected chi connectivity index (χ3v) is 6.60. The topological polar surface area (TPSA) is 38.3 Å². The standard InChI is InChI=1S/C24H19NO2S2/c1-24(2)13-27-20-8-7-18(12-19(20)24)17-6-5-15-9-14(3-4-16(15)11-17)10-21-22(26)25-23(28)29-21/h3-12H,13H2,1-2H3,(H,25,26,28)/b21-10-. The average Bonchev–Trinajstić information content (AvgIpc) is 3.18. The Bertz CT molecular complexity index is 1230. The smallest absolute Gasteiger partial charge is 0.263 e. The molecule has 1 saturated heterocycles. The fraction of sp³-hybridized carbons (Fsp3) is 0.167. The predicted molar refractivity (Wildman–Crippen MR) is 124 cm³/mol. The van der Waals surface area contributed by atoms with E-state index in [0.29, 0.717) is 9.23 Å². The molecular weight excluding hydrogens is 398 g/mol. The van der Waals surface area contributed by atoms with Gasteiger partial charge in [-0.05, 0) is 57.8 Å². The third kappa shape index (κ3) is 3.34. The van der Waals surface area contributed by atoms with Crippen molar-refractivity contribution in [3.8, 4) is 16.9 Å². The Morgan fingerprint density at radius 1 is 1.03 bits per heavy atom. The van der Waals surface area contributed by atoms with E-state index < -0.39 is 0 Å². The quantitative estimate of drug-likeness (QED) is 0.431. The van der Waals surface area contributed by atoms with Crippen LogP contribution in [0.2, 0.25) is 0 Å². The molecule has 3 nitrogen and oxygen atoms in total. The predicted octanol–water partition coefficient (Wildman–Crippen LogP) is 5.67. The highest BCUT2D eigenvalue weighted by molar-refractivity contribution is 8.26. The van der Waals surface area contributed by atoms with E-state index in [1.54, 1.807) is 0 Å². The van der Waals surface area contributed by atoms with Gasteiger partial charge in [0, 0.05) is 11.0 Å². The van der Waals surface area contributed by atoms with Gasteiger partial charge in [-0.25, -0.2) is 0 Å². The largest absolute Gasteiger partial charge is 0.492 e. The molecule has 0 atom stereocenters. The van der Waals surface area contributed by atoms with Crippen molar-refractivity contribution in [3.05, 3.63) is 70.6 Å². The molecule has 2 heterocycles. The summed E-state index contributed by atoms with van der Waals surface area (Å²) in [6.45, 7) is 5.16. The van der Waals surface area contributed by atoms with Gasteiger partial charge in [0.1, 0.15) is 10.1 Å². The van der Waals surface area contributed by atoms with Crippen LogP contribution in [0, 0.1) is 0 Å². The number of rotatable bonds is 2. The van der Waals surface area contributed by atoms with E-state index >= 15 is 0 Å². The molecule has 0 saturated carbocycles. The molecule has 0 spiro atoms. The van der Waals surface area contributed by atoms with Gasteiger partial charge >= 0.3 is 0 Å². The van der Waals surface area contributed by atoms with Gasteiger partial charge in [0.2, 0.25) is 0 Å². The van der Waals surface area contributed by atoms with Gasteiger partial charge < -0.3 is 10.1 Å². The van der Waals surface area contributed by atoms with Crippen molar-refractivity contribution >= 4 is 51.1 Å². The summed E-state index contributed by atoms with van der Waals surface area (Å²) in [7, 11) is 0. The molecule has 2 aliphatic heterocycles. The van der Waals surface area contributed by atoms with Crippen LogP contribution in [0.15, 0.2) is 59.5 Å². The molecule has 5 heteroatoms. The normalized spacial score (nSPS) is 18.8. The zero-order valence-corrected chi connectivity index (χ0v) is 17.7. The van der Waals surface area contributed by atoms with Crippen LogP contribution >= 0.6 is 24.0 Å². The molecule has 1 amide bonds. The molecule has 1 fully saturated rings. The summed E-state index contributed by atoms with van der Waals surface area (Å²) in [6, 6.07) is 19.2. The third-order valence-electron chi connectivity index (χ3n) is 5.43. The Labute approximate surface area is 179 Å². The zero-order valence-electron chi connectivity index (χ0n) is 16.1. The Kier molecular flexibility index (Phi) is 4.26. The monoisotopic (exact) mass is 417 g/mol. The maximum atomic E-state index is 11.9. The second-order valence-corrected chi connectivity index (χ2v) is 9.78. The number of hydrogen-bond donors (Lipinski definition) is 1. The van der Waals surface area contributed by atoms with Gasteiger partial charge in [-0.2, -0.15) is 0 Å². The summed E-state index contributed by atoms with van der Waals surface area (Å²) >= 11 is 6.36. The molecule has 0 aromatic heterocycles. The average molecular weight is 418 g/mol. The Hall–Kier alpha value is -2.63. The van der Waals surface area contributed by atoms with Crippen molar-refractivity contribution in [2.75, 3.05) is 6.61 Å². The molecule has 2 aliphatic rings. The number of amides is 1. The van der Waals surface area contributed by atoms with Crippen LogP contribution in [0.5, 0.6) is 5.75 Å². The van der Waals surface area contributed by atoms with Gasteiger partial charge in [-0.3, -0.25) is 4.79 Å². The second kappa shape index (κ2) is 6.71. The Balaban J connectivity index is 1.50. The highest BCUT2D eigenvalue weighted by atomic mass is 32.2.